The average molecular weight is 271 g/mol. The first-order valence-corrected chi connectivity index (χ1v) is 6.09. The number of aryl methyl sites for hydroxylation is 1. The molecular weight excluding hydrogens is 248 g/mol. The van der Waals surface area contributed by atoms with Crippen molar-refractivity contribution in [2.45, 2.75) is 33.2 Å². The summed E-state index contributed by atoms with van der Waals surface area (Å²) >= 11 is 0. The van der Waals surface area contributed by atoms with Gasteiger partial charge < -0.3 is 11.1 Å². The smallest absolute Gasteiger partial charge is 0.237 e. The average Bonchev–Trinajstić information content (AvgIpc) is 2.30. The molecule has 0 bridgehead atoms. The highest BCUT2D eigenvalue weighted by atomic mass is 35.5. The van der Waals surface area contributed by atoms with E-state index in [2.05, 4.69) is 36.5 Å². The number of carbonyl (C=O) groups excluding carboxylic acids is 1. The first-order chi connectivity index (χ1) is 8.00. The minimum Gasteiger partial charge on any atom is -0.354 e. The summed E-state index contributed by atoms with van der Waals surface area (Å²) in [6, 6.07) is 7.93. The molecule has 1 atom stereocenters. The van der Waals surface area contributed by atoms with E-state index < -0.39 is 6.04 Å². The molecule has 0 radical (unpaired) electrons. The number of nitrogens with one attached hydrogen (secondary N) is 1. The van der Waals surface area contributed by atoms with Gasteiger partial charge in [0.25, 0.3) is 0 Å². The summed E-state index contributed by atoms with van der Waals surface area (Å²) < 4.78 is 0. The summed E-state index contributed by atoms with van der Waals surface area (Å²) in [7, 11) is 0. The Bertz CT molecular complexity index is 363. The van der Waals surface area contributed by atoms with Crippen LogP contribution >= 0.6 is 12.4 Å². The lowest BCUT2D eigenvalue weighted by molar-refractivity contribution is -0.123. The van der Waals surface area contributed by atoms with Crippen LogP contribution in [-0.2, 0) is 11.2 Å². The molecule has 3 N–H and O–H groups in total. The fourth-order valence-electron chi connectivity index (χ4n) is 1.51. The predicted octanol–water partition coefficient (Wildman–Crippen LogP) is 2.06. The minimum atomic E-state index is -0.409. The maximum atomic E-state index is 11.6. The third kappa shape index (κ3) is 5.52. The van der Waals surface area contributed by atoms with E-state index in [0.29, 0.717) is 6.54 Å². The molecule has 1 aromatic carbocycles. The Morgan fingerprint density at radius 1 is 1.28 bits per heavy atom. The van der Waals surface area contributed by atoms with Crippen molar-refractivity contribution in [2.75, 3.05) is 6.54 Å². The zero-order chi connectivity index (χ0) is 12.8. The van der Waals surface area contributed by atoms with Crippen LogP contribution in [0.15, 0.2) is 24.3 Å². The van der Waals surface area contributed by atoms with E-state index in [1.807, 2.05) is 13.8 Å². The van der Waals surface area contributed by atoms with Crippen LogP contribution in [0.4, 0.5) is 0 Å². The Hall–Kier alpha value is -1.06. The van der Waals surface area contributed by atoms with Crippen LogP contribution in [0.2, 0.25) is 0 Å². The van der Waals surface area contributed by atoms with Gasteiger partial charge in [0, 0.05) is 6.54 Å². The molecule has 0 fully saturated rings. The molecule has 0 aliphatic heterocycles. The number of carbonyl (C=O) groups is 1. The zero-order valence-corrected chi connectivity index (χ0v) is 12.1. The van der Waals surface area contributed by atoms with Crippen molar-refractivity contribution in [2.24, 2.45) is 11.7 Å². The topological polar surface area (TPSA) is 55.1 Å². The largest absolute Gasteiger partial charge is 0.354 e. The number of hydrogen-bond acceptors (Lipinski definition) is 2. The van der Waals surface area contributed by atoms with Crippen LogP contribution in [0.1, 0.15) is 25.0 Å². The Morgan fingerprint density at radius 3 is 2.33 bits per heavy atom. The summed E-state index contributed by atoms with van der Waals surface area (Å²) in [4.78, 5) is 11.6. The summed E-state index contributed by atoms with van der Waals surface area (Å²) in [5, 5.41) is 2.86. The second-order valence-corrected chi connectivity index (χ2v) is 4.80. The van der Waals surface area contributed by atoms with Crippen molar-refractivity contribution < 1.29 is 4.79 Å². The third-order valence-corrected chi connectivity index (χ3v) is 2.85. The molecule has 4 heteroatoms. The van der Waals surface area contributed by atoms with E-state index in [9.17, 15) is 4.79 Å². The molecule has 0 saturated heterocycles. The van der Waals surface area contributed by atoms with Crippen molar-refractivity contribution >= 4 is 18.3 Å². The van der Waals surface area contributed by atoms with Crippen LogP contribution in [0.25, 0.3) is 0 Å². The van der Waals surface area contributed by atoms with Gasteiger partial charge >= 0.3 is 0 Å². The highest BCUT2D eigenvalue weighted by Crippen LogP contribution is 2.03. The summed E-state index contributed by atoms with van der Waals surface area (Å²) in [5.74, 6) is 0.112. The molecule has 0 heterocycles. The summed E-state index contributed by atoms with van der Waals surface area (Å²) in [6.07, 6.45) is 0.844. The van der Waals surface area contributed by atoms with Crippen molar-refractivity contribution in [1.29, 1.82) is 0 Å². The van der Waals surface area contributed by atoms with E-state index in [4.69, 9.17) is 5.73 Å². The molecule has 0 aliphatic rings. The van der Waals surface area contributed by atoms with Gasteiger partial charge in [-0.05, 0) is 24.8 Å². The standard InChI is InChI=1S/C14H22N2O.ClH/c1-10(2)13(15)14(17)16-9-8-12-6-4-11(3)5-7-12;/h4-7,10,13H,8-9,15H2,1-3H3,(H,16,17);1H/t13-;/m1./s1. The van der Waals surface area contributed by atoms with E-state index in [1.54, 1.807) is 0 Å². The summed E-state index contributed by atoms with van der Waals surface area (Å²) in [5.41, 5.74) is 8.23. The van der Waals surface area contributed by atoms with Gasteiger partial charge in [0.2, 0.25) is 5.91 Å². The molecule has 0 aromatic heterocycles. The second kappa shape index (κ2) is 8.11. The van der Waals surface area contributed by atoms with Crippen LogP contribution in [-0.4, -0.2) is 18.5 Å². The second-order valence-electron chi connectivity index (χ2n) is 4.80. The molecule has 0 unspecified atom stereocenters. The molecule has 0 saturated carbocycles. The quantitative estimate of drug-likeness (QED) is 0.861. The minimum absolute atomic E-state index is 0. The monoisotopic (exact) mass is 270 g/mol. The maximum Gasteiger partial charge on any atom is 0.237 e. The number of halogens is 1. The maximum absolute atomic E-state index is 11.6. The van der Waals surface area contributed by atoms with Gasteiger partial charge in [-0.3, -0.25) is 4.79 Å². The molecular formula is C14H23ClN2O. The Balaban J connectivity index is 0.00000289. The van der Waals surface area contributed by atoms with Gasteiger partial charge in [0.05, 0.1) is 6.04 Å². The molecule has 18 heavy (non-hydrogen) atoms. The first-order valence-electron chi connectivity index (χ1n) is 6.09. The van der Waals surface area contributed by atoms with Crippen LogP contribution in [0, 0.1) is 12.8 Å². The Labute approximate surface area is 116 Å². The van der Waals surface area contributed by atoms with Gasteiger partial charge in [-0.25, -0.2) is 0 Å². The van der Waals surface area contributed by atoms with Crippen LogP contribution < -0.4 is 11.1 Å². The van der Waals surface area contributed by atoms with Crippen molar-refractivity contribution in [3.63, 3.8) is 0 Å². The molecule has 0 aliphatic carbocycles. The molecule has 3 nitrogen and oxygen atoms in total. The first kappa shape index (κ1) is 16.9. The number of rotatable bonds is 5. The lowest BCUT2D eigenvalue weighted by Crippen LogP contribution is -2.44. The fraction of sp³-hybridized carbons (Fsp3) is 0.500. The number of amides is 1. The molecule has 0 spiro atoms. The number of hydrogen-bond donors (Lipinski definition) is 2. The van der Waals surface area contributed by atoms with Crippen LogP contribution in [0.3, 0.4) is 0 Å². The van der Waals surface area contributed by atoms with Crippen molar-refractivity contribution in [3.8, 4) is 0 Å². The van der Waals surface area contributed by atoms with Crippen molar-refractivity contribution in [3.05, 3.63) is 35.4 Å². The molecule has 102 valence electrons. The van der Waals surface area contributed by atoms with Gasteiger partial charge in [0.15, 0.2) is 0 Å². The third-order valence-electron chi connectivity index (χ3n) is 2.85. The van der Waals surface area contributed by atoms with E-state index in [0.717, 1.165) is 6.42 Å². The lowest BCUT2D eigenvalue weighted by atomic mass is 10.0. The van der Waals surface area contributed by atoms with Gasteiger partial charge in [0.1, 0.15) is 0 Å². The van der Waals surface area contributed by atoms with Gasteiger partial charge in [-0.15, -0.1) is 12.4 Å². The van der Waals surface area contributed by atoms with Gasteiger partial charge in [-0.2, -0.15) is 0 Å². The van der Waals surface area contributed by atoms with E-state index >= 15 is 0 Å². The highest BCUT2D eigenvalue weighted by Gasteiger charge is 2.15. The highest BCUT2D eigenvalue weighted by molar-refractivity contribution is 5.85. The SMILES string of the molecule is Cc1ccc(CCNC(=O)[C@H](N)C(C)C)cc1.Cl. The van der Waals surface area contributed by atoms with Crippen LogP contribution in [0.5, 0.6) is 0 Å². The molecule has 1 aromatic rings. The molecule has 1 rings (SSSR count). The normalized spacial score (nSPS) is 11.8. The summed E-state index contributed by atoms with van der Waals surface area (Å²) in [6.45, 7) is 6.60. The number of benzene rings is 1. The van der Waals surface area contributed by atoms with E-state index in [-0.39, 0.29) is 24.2 Å². The number of nitrogens with two attached hydrogens (primary N) is 1. The van der Waals surface area contributed by atoms with Crippen molar-refractivity contribution in [1.82, 2.24) is 5.32 Å². The molecule has 1 amide bonds. The Kier molecular flexibility index (Phi) is 7.64. The zero-order valence-electron chi connectivity index (χ0n) is 11.3. The van der Waals surface area contributed by atoms with Gasteiger partial charge in [-0.1, -0.05) is 43.7 Å². The Morgan fingerprint density at radius 2 is 1.83 bits per heavy atom. The van der Waals surface area contributed by atoms with E-state index in [1.165, 1.54) is 11.1 Å². The fourth-order valence-corrected chi connectivity index (χ4v) is 1.51. The predicted molar refractivity (Wildman–Crippen MR) is 78.0 cm³/mol. The lowest BCUT2D eigenvalue weighted by Gasteiger charge is -2.15.